The molecule has 1 aliphatic heterocycles. The van der Waals surface area contributed by atoms with E-state index in [1.54, 1.807) is 0 Å². The monoisotopic (exact) mass is 778 g/mol. The summed E-state index contributed by atoms with van der Waals surface area (Å²) in [7, 11) is 1.33. The number of carbonyl (C=O) groups is 4. The number of hydrogen-bond acceptors (Lipinski definition) is 9. The molecular weight excluding hydrogens is 707 g/mol. The third-order valence-electron chi connectivity index (χ3n) is 16.7. The largest absolute Gasteiger partial charge is 0.469 e. The number of allylic oxidation sites excluding steroid dienone is 2. The molecule has 0 aromatic carbocycles. The minimum absolute atomic E-state index is 0.141. The van der Waals surface area contributed by atoms with Gasteiger partial charge in [-0.05, 0) is 147 Å². The molecule has 0 aromatic heterocycles. The first-order valence-electron chi connectivity index (χ1n) is 22.5. The Labute approximate surface area is 336 Å². The highest BCUT2D eigenvalue weighted by molar-refractivity contribution is 5.85. The van der Waals surface area contributed by atoms with Crippen LogP contribution in [0.25, 0.3) is 0 Å². The molecule has 0 amide bonds. The lowest BCUT2D eigenvalue weighted by Gasteiger charge is -2.55. The molecule has 0 N–H and O–H groups in total. The van der Waals surface area contributed by atoms with E-state index in [1.165, 1.54) is 56.8 Å². The zero-order chi connectivity index (χ0) is 40.3. The molecule has 1 saturated heterocycles. The molecule has 312 valence electrons. The summed E-state index contributed by atoms with van der Waals surface area (Å²) in [6, 6.07) is 0. The molecule has 4 saturated carbocycles. The first kappa shape index (κ1) is 41.5. The van der Waals surface area contributed by atoms with Crippen LogP contribution in [0.1, 0.15) is 158 Å². The quantitative estimate of drug-likeness (QED) is 0.176. The van der Waals surface area contributed by atoms with Crippen LogP contribution in [0.3, 0.4) is 0 Å². The second-order valence-electron chi connectivity index (χ2n) is 20.9. The Morgan fingerprint density at radius 3 is 1.86 bits per heavy atom. The summed E-state index contributed by atoms with van der Waals surface area (Å²) in [6.07, 6.45) is 15.2. The maximum atomic E-state index is 14.5. The number of esters is 1. The minimum atomic E-state index is -0.957. The summed E-state index contributed by atoms with van der Waals surface area (Å²) in [4.78, 5) is 72.6. The predicted octanol–water partition coefficient (Wildman–Crippen LogP) is 10.3. The van der Waals surface area contributed by atoms with Crippen LogP contribution >= 0.6 is 0 Å². The van der Waals surface area contributed by atoms with E-state index in [0.29, 0.717) is 46.3 Å². The average molecular weight is 778 g/mol. The Kier molecular flexibility index (Phi) is 12.0. The zero-order valence-electron chi connectivity index (χ0n) is 36.0. The fourth-order valence-corrected chi connectivity index (χ4v) is 14.2. The van der Waals surface area contributed by atoms with Crippen LogP contribution in [0.2, 0.25) is 0 Å². The van der Waals surface area contributed by atoms with Crippen molar-refractivity contribution in [1.82, 2.24) is 5.39 Å². The van der Waals surface area contributed by atoms with Crippen molar-refractivity contribution >= 4 is 23.9 Å². The standard InChI is InChI=1S/C47H71NO8/c1-26(2)28-14-16-30-32-12-10-22-46(5,6)38(32)20-18-34(30)42(28)36(24-40(49)53-9)44(51)55-48-54-41(50)25-37(45(52)56-48)43-29(27(3)4)15-17-31-33-13-11-23-47(7,8)39(33)21-19-35(31)43/h26-27,30-39H,10-25H2,1-9H3. The topological polar surface area (TPSA) is 108 Å². The van der Waals surface area contributed by atoms with Crippen LogP contribution in [0, 0.1) is 81.8 Å². The van der Waals surface area contributed by atoms with Gasteiger partial charge < -0.3 is 9.57 Å². The van der Waals surface area contributed by atoms with Crippen LogP contribution in [-0.4, -0.2) is 36.4 Å². The highest BCUT2D eigenvalue weighted by Crippen LogP contribution is 2.61. The number of nitrogens with zero attached hydrogens (tertiary/aromatic N) is 1. The number of rotatable bonds is 8. The first-order chi connectivity index (χ1) is 26.5. The van der Waals surface area contributed by atoms with Gasteiger partial charge in [-0.2, -0.15) is 0 Å². The average Bonchev–Trinajstić information content (AvgIpc) is 3.28. The van der Waals surface area contributed by atoms with E-state index < -0.39 is 35.7 Å². The van der Waals surface area contributed by atoms with Crippen LogP contribution in [0.15, 0.2) is 22.3 Å². The van der Waals surface area contributed by atoms with Gasteiger partial charge in [0.25, 0.3) is 0 Å². The molecule has 9 nitrogen and oxygen atoms in total. The van der Waals surface area contributed by atoms with E-state index in [2.05, 4.69) is 55.4 Å². The van der Waals surface area contributed by atoms with Crippen molar-refractivity contribution in [3.8, 4) is 0 Å². The number of methoxy groups -OCH3 is 1. The van der Waals surface area contributed by atoms with E-state index >= 15 is 0 Å². The van der Waals surface area contributed by atoms with Gasteiger partial charge in [-0.1, -0.05) is 90.5 Å². The van der Waals surface area contributed by atoms with Gasteiger partial charge in [-0.3, -0.25) is 19.3 Å². The van der Waals surface area contributed by atoms with Gasteiger partial charge in [0.15, 0.2) is 0 Å². The molecule has 7 rings (SSSR count). The third kappa shape index (κ3) is 7.77. The Hall–Kier alpha value is -2.68. The van der Waals surface area contributed by atoms with Crippen LogP contribution in [0.4, 0.5) is 0 Å². The van der Waals surface area contributed by atoms with Gasteiger partial charge in [0.05, 0.1) is 31.8 Å². The van der Waals surface area contributed by atoms with Crippen molar-refractivity contribution in [2.75, 3.05) is 7.11 Å². The summed E-state index contributed by atoms with van der Waals surface area (Å²) in [5.74, 6) is -0.205. The molecule has 9 heteroatoms. The second kappa shape index (κ2) is 16.2. The van der Waals surface area contributed by atoms with Crippen molar-refractivity contribution in [3.63, 3.8) is 0 Å². The van der Waals surface area contributed by atoms with Crippen LogP contribution in [0.5, 0.6) is 0 Å². The Bertz CT molecular complexity index is 1600. The Balaban J connectivity index is 1.14. The molecule has 10 atom stereocenters. The minimum Gasteiger partial charge on any atom is -0.469 e. The predicted molar refractivity (Wildman–Crippen MR) is 212 cm³/mol. The molecular formula is C47H71NO8. The van der Waals surface area contributed by atoms with Crippen molar-refractivity contribution < 1.29 is 38.4 Å². The Morgan fingerprint density at radius 2 is 1.29 bits per heavy atom. The van der Waals surface area contributed by atoms with Crippen molar-refractivity contribution in [2.24, 2.45) is 81.8 Å². The fraction of sp³-hybridized carbons (Fsp3) is 0.830. The van der Waals surface area contributed by atoms with E-state index in [9.17, 15) is 19.2 Å². The van der Waals surface area contributed by atoms with Gasteiger partial charge >= 0.3 is 23.9 Å². The second-order valence-corrected chi connectivity index (χ2v) is 20.9. The van der Waals surface area contributed by atoms with Crippen molar-refractivity contribution in [1.29, 1.82) is 0 Å². The van der Waals surface area contributed by atoms with Gasteiger partial charge in [-0.25, -0.2) is 9.59 Å². The number of fused-ring (bicyclic) bond motifs is 6. The maximum Gasteiger partial charge on any atom is 0.340 e. The normalized spacial score (nSPS) is 36.3. The highest BCUT2D eigenvalue weighted by Gasteiger charge is 2.54. The zero-order valence-corrected chi connectivity index (χ0v) is 36.0. The lowest BCUT2D eigenvalue weighted by atomic mass is 9.50. The maximum absolute atomic E-state index is 14.5. The van der Waals surface area contributed by atoms with E-state index in [4.69, 9.17) is 19.2 Å². The lowest BCUT2D eigenvalue weighted by Crippen LogP contribution is -2.47. The van der Waals surface area contributed by atoms with Gasteiger partial charge in [-0.15, -0.1) is 0 Å². The third-order valence-corrected chi connectivity index (χ3v) is 16.7. The number of carbonyl (C=O) groups excluding carboxylic acids is 4. The number of hydrogen-bond donors (Lipinski definition) is 0. The summed E-state index contributed by atoms with van der Waals surface area (Å²) >= 11 is 0. The molecule has 6 aliphatic carbocycles. The van der Waals surface area contributed by atoms with Crippen molar-refractivity contribution in [3.05, 3.63) is 22.3 Å². The molecule has 5 fully saturated rings. The van der Waals surface area contributed by atoms with Gasteiger partial charge in [0.1, 0.15) is 0 Å². The number of ether oxygens (including phenoxy) is 1. The summed E-state index contributed by atoms with van der Waals surface area (Å²) in [5.41, 5.74) is 5.11. The molecule has 7 aliphatic rings. The SMILES string of the molecule is COC(=O)CC(C(=O)ON1OC(=O)CC(C2=C(C(C)C)CCC3C2CCC2C3CCCC2(C)C)C(=O)O1)C1=C(C(C)C)CCC2C1CCC1C2CCCC1(C)C. The molecule has 0 aromatic rings. The molecule has 0 spiro atoms. The molecule has 0 bridgehead atoms. The van der Waals surface area contributed by atoms with E-state index in [-0.39, 0.29) is 41.9 Å². The molecule has 0 radical (unpaired) electrons. The summed E-state index contributed by atoms with van der Waals surface area (Å²) < 4.78 is 5.15. The molecule has 10 unspecified atom stereocenters. The first-order valence-corrected chi connectivity index (χ1v) is 22.5. The van der Waals surface area contributed by atoms with Gasteiger partial charge in [0, 0.05) is 0 Å². The van der Waals surface area contributed by atoms with E-state index in [1.807, 2.05) is 0 Å². The van der Waals surface area contributed by atoms with Crippen molar-refractivity contribution in [2.45, 2.75) is 158 Å². The summed E-state index contributed by atoms with van der Waals surface area (Å²) in [6.45, 7) is 18.4. The van der Waals surface area contributed by atoms with Crippen LogP contribution < -0.4 is 0 Å². The fourth-order valence-electron chi connectivity index (χ4n) is 14.2. The summed E-state index contributed by atoms with van der Waals surface area (Å²) in [5, 5.41) is 0.351. The molecule has 56 heavy (non-hydrogen) atoms. The lowest BCUT2D eigenvalue weighted by molar-refractivity contribution is -0.462. The van der Waals surface area contributed by atoms with Gasteiger partial charge in [0.2, 0.25) is 5.39 Å². The van der Waals surface area contributed by atoms with Crippen LogP contribution in [-0.2, 0) is 38.4 Å². The smallest absolute Gasteiger partial charge is 0.340 e. The van der Waals surface area contributed by atoms with E-state index in [0.717, 1.165) is 62.5 Å². The Morgan fingerprint density at radius 1 is 0.732 bits per heavy atom. The highest BCUT2D eigenvalue weighted by atomic mass is 17.2. The molecule has 1 heterocycles.